The number of aryl methyl sites for hydroxylation is 1. The largest absolute Gasteiger partial charge is 0.372 e. The fourth-order valence-corrected chi connectivity index (χ4v) is 3.04. The third-order valence-electron chi connectivity index (χ3n) is 4.90. The maximum absolute atomic E-state index is 13.1. The summed E-state index contributed by atoms with van der Waals surface area (Å²) in [6.07, 6.45) is 0. The number of hydrogen-bond acceptors (Lipinski definition) is 2. The average Bonchev–Trinajstić information content (AvgIpc) is 2.64. The van der Waals surface area contributed by atoms with E-state index in [1.54, 1.807) is 12.1 Å². The van der Waals surface area contributed by atoms with E-state index in [4.69, 9.17) is 0 Å². The fourth-order valence-electron chi connectivity index (χ4n) is 3.04. The minimum atomic E-state index is -0.299. The van der Waals surface area contributed by atoms with Gasteiger partial charge in [-0.3, -0.25) is 0 Å². The summed E-state index contributed by atoms with van der Waals surface area (Å²) >= 11 is 0. The Balaban J connectivity index is 1.98. The van der Waals surface area contributed by atoms with Gasteiger partial charge in [-0.25, -0.2) is 9.18 Å². The second-order valence-electron chi connectivity index (χ2n) is 7.37. The van der Waals surface area contributed by atoms with Crippen LogP contribution >= 0.6 is 0 Å². The van der Waals surface area contributed by atoms with Gasteiger partial charge in [-0.2, -0.15) is 0 Å². The predicted octanol–water partition coefficient (Wildman–Crippen LogP) is 5.08. The molecule has 0 atom stereocenters. The fraction of sp³-hybridized carbons (Fsp3) is 0.409. The van der Waals surface area contributed by atoms with Crippen molar-refractivity contribution in [2.75, 3.05) is 29.9 Å². The second kappa shape index (κ2) is 8.89. The molecule has 0 heterocycles. The third-order valence-corrected chi connectivity index (χ3v) is 4.90. The van der Waals surface area contributed by atoms with Gasteiger partial charge in [0.15, 0.2) is 0 Å². The lowest BCUT2D eigenvalue weighted by atomic mass is 9.84. The van der Waals surface area contributed by atoms with Gasteiger partial charge in [-0.1, -0.05) is 26.0 Å². The van der Waals surface area contributed by atoms with Crippen LogP contribution in [0.5, 0.6) is 0 Å². The third kappa shape index (κ3) is 5.46. The van der Waals surface area contributed by atoms with Crippen LogP contribution in [0.15, 0.2) is 42.5 Å². The Morgan fingerprint density at radius 3 is 2.26 bits per heavy atom. The van der Waals surface area contributed by atoms with Gasteiger partial charge in [-0.05, 0) is 62.2 Å². The average molecular weight is 372 g/mol. The highest BCUT2D eigenvalue weighted by atomic mass is 19.1. The Labute approximate surface area is 161 Å². The number of nitrogens with zero attached hydrogens (tertiary/aromatic N) is 1. The molecule has 2 aromatic rings. The smallest absolute Gasteiger partial charge is 0.319 e. The number of halogens is 1. The molecule has 5 heteroatoms. The van der Waals surface area contributed by atoms with Crippen molar-refractivity contribution in [1.29, 1.82) is 0 Å². The summed E-state index contributed by atoms with van der Waals surface area (Å²) < 4.78 is 13.1. The maximum Gasteiger partial charge on any atom is 0.319 e. The van der Waals surface area contributed by atoms with E-state index in [0.29, 0.717) is 6.54 Å². The SMILES string of the molecule is CCN(CC)c1ccc(NC(=O)NCC(C)(C)c2ccc(F)cc2)c(C)c1. The van der Waals surface area contributed by atoms with Crippen LogP contribution in [0.3, 0.4) is 0 Å². The number of urea groups is 1. The molecule has 2 amide bonds. The topological polar surface area (TPSA) is 44.4 Å². The van der Waals surface area contributed by atoms with E-state index >= 15 is 0 Å². The Bertz CT molecular complexity index is 768. The van der Waals surface area contributed by atoms with Crippen LogP contribution in [-0.4, -0.2) is 25.7 Å². The molecule has 0 aromatic heterocycles. The summed E-state index contributed by atoms with van der Waals surface area (Å²) in [6, 6.07) is 12.2. The first kappa shape index (κ1) is 20.7. The zero-order valence-electron chi connectivity index (χ0n) is 16.9. The normalized spacial score (nSPS) is 11.2. The van der Waals surface area contributed by atoms with Crippen LogP contribution in [-0.2, 0) is 5.41 Å². The monoisotopic (exact) mass is 371 g/mol. The summed E-state index contributed by atoms with van der Waals surface area (Å²) in [5.41, 5.74) is 3.65. The molecule has 0 aliphatic heterocycles. The molecule has 2 N–H and O–H groups in total. The highest BCUT2D eigenvalue weighted by Crippen LogP contribution is 2.24. The van der Waals surface area contributed by atoms with Crippen molar-refractivity contribution in [3.8, 4) is 0 Å². The molecule has 4 nitrogen and oxygen atoms in total. The number of amides is 2. The lowest BCUT2D eigenvalue weighted by Gasteiger charge is -2.26. The van der Waals surface area contributed by atoms with Crippen LogP contribution < -0.4 is 15.5 Å². The van der Waals surface area contributed by atoms with E-state index in [-0.39, 0.29) is 17.3 Å². The molecule has 0 bridgehead atoms. The minimum Gasteiger partial charge on any atom is -0.372 e. The van der Waals surface area contributed by atoms with Crippen molar-refractivity contribution >= 4 is 17.4 Å². The van der Waals surface area contributed by atoms with Crippen molar-refractivity contribution in [3.63, 3.8) is 0 Å². The molecule has 146 valence electrons. The molecule has 0 aliphatic rings. The molecule has 0 saturated carbocycles. The number of rotatable bonds is 7. The van der Waals surface area contributed by atoms with E-state index in [1.807, 2.05) is 32.9 Å². The van der Waals surface area contributed by atoms with Crippen molar-refractivity contribution < 1.29 is 9.18 Å². The van der Waals surface area contributed by atoms with Crippen molar-refractivity contribution in [2.24, 2.45) is 0 Å². The number of anilines is 2. The standard InChI is InChI=1S/C22H30FN3O/c1-6-26(7-2)19-12-13-20(16(3)14-19)25-21(27)24-15-22(4,5)17-8-10-18(23)11-9-17/h8-14H,6-7,15H2,1-5H3,(H2,24,25,27). The Morgan fingerprint density at radius 1 is 1.07 bits per heavy atom. The molecule has 2 rings (SSSR count). The quantitative estimate of drug-likeness (QED) is 0.713. The van der Waals surface area contributed by atoms with Crippen molar-refractivity contribution in [1.82, 2.24) is 5.32 Å². The van der Waals surface area contributed by atoms with Gasteiger partial charge in [0, 0.05) is 36.4 Å². The van der Waals surface area contributed by atoms with Gasteiger partial charge in [0.25, 0.3) is 0 Å². The lowest BCUT2D eigenvalue weighted by Crippen LogP contribution is -2.39. The molecule has 0 spiro atoms. The van der Waals surface area contributed by atoms with Gasteiger partial charge in [0.2, 0.25) is 0 Å². The van der Waals surface area contributed by atoms with Crippen LogP contribution in [0.1, 0.15) is 38.8 Å². The number of nitrogens with one attached hydrogen (secondary N) is 2. The van der Waals surface area contributed by atoms with Crippen LogP contribution in [0.4, 0.5) is 20.6 Å². The van der Waals surface area contributed by atoms with E-state index < -0.39 is 0 Å². The number of benzene rings is 2. The van der Waals surface area contributed by atoms with Gasteiger partial charge >= 0.3 is 6.03 Å². The molecule has 0 unspecified atom stereocenters. The number of hydrogen-bond donors (Lipinski definition) is 2. The Hall–Kier alpha value is -2.56. The van der Waals surface area contributed by atoms with E-state index in [2.05, 4.69) is 35.4 Å². The van der Waals surface area contributed by atoms with Crippen LogP contribution in [0, 0.1) is 12.7 Å². The van der Waals surface area contributed by atoms with Crippen LogP contribution in [0.25, 0.3) is 0 Å². The molecule has 27 heavy (non-hydrogen) atoms. The summed E-state index contributed by atoms with van der Waals surface area (Å²) in [5, 5.41) is 5.83. The first-order valence-electron chi connectivity index (χ1n) is 9.43. The summed E-state index contributed by atoms with van der Waals surface area (Å²) in [6.45, 7) is 12.6. The minimum absolute atomic E-state index is 0.246. The van der Waals surface area contributed by atoms with Gasteiger partial charge in [0.1, 0.15) is 5.82 Å². The highest BCUT2D eigenvalue weighted by molar-refractivity contribution is 5.90. The van der Waals surface area contributed by atoms with E-state index in [0.717, 1.165) is 35.6 Å². The van der Waals surface area contributed by atoms with Crippen LogP contribution in [0.2, 0.25) is 0 Å². The van der Waals surface area contributed by atoms with E-state index in [1.165, 1.54) is 12.1 Å². The molecular formula is C22H30FN3O. The summed E-state index contributed by atoms with van der Waals surface area (Å²) in [4.78, 5) is 14.6. The molecule has 0 fully saturated rings. The maximum atomic E-state index is 13.1. The molecular weight excluding hydrogens is 341 g/mol. The van der Waals surface area contributed by atoms with E-state index in [9.17, 15) is 9.18 Å². The Kier molecular flexibility index (Phi) is 6.83. The molecule has 0 aliphatic carbocycles. The molecule has 2 aromatic carbocycles. The first-order valence-corrected chi connectivity index (χ1v) is 9.43. The zero-order chi connectivity index (χ0) is 20.0. The van der Waals surface area contributed by atoms with Gasteiger partial charge < -0.3 is 15.5 Å². The molecule has 0 radical (unpaired) electrons. The molecule has 0 saturated heterocycles. The zero-order valence-corrected chi connectivity index (χ0v) is 16.9. The predicted molar refractivity (Wildman–Crippen MR) is 111 cm³/mol. The summed E-state index contributed by atoms with van der Waals surface area (Å²) in [7, 11) is 0. The van der Waals surface area contributed by atoms with Gasteiger partial charge in [0.05, 0.1) is 0 Å². The summed E-state index contributed by atoms with van der Waals surface area (Å²) in [5.74, 6) is -0.260. The number of carbonyl (C=O) groups excluding carboxylic acids is 1. The Morgan fingerprint density at radius 2 is 1.70 bits per heavy atom. The lowest BCUT2D eigenvalue weighted by molar-refractivity contribution is 0.249. The first-order chi connectivity index (χ1) is 12.8. The number of carbonyl (C=O) groups is 1. The second-order valence-corrected chi connectivity index (χ2v) is 7.37. The van der Waals surface area contributed by atoms with Gasteiger partial charge in [-0.15, -0.1) is 0 Å². The van der Waals surface area contributed by atoms with Crippen molar-refractivity contribution in [2.45, 2.75) is 40.0 Å². The van der Waals surface area contributed by atoms with Crippen molar-refractivity contribution in [3.05, 3.63) is 59.4 Å². The highest BCUT2D eigenvalue weighted by Gasteiger charge is 2.21.